The quantitative estimate of drug-likeness (QED) is 0.293. The van der Waals surface area contributed by atoms with Crippen LogP contribution in [0.15, 0.2) is 0 Å². The molecular weight excluding hydrogens is 207 g/mol. The van der Waals surface area contributed by atoms with Crippen molar-refractivity contribution in [2.24, 2.45) is 0 Å². The monoisotopic (exact) mass is 204 g/mol. The van der Waals surface area contributed by atoms with Gasteiger partial charge in [-0.15, -0.1) is 0 Å². The van der Waals surface area contributed by atoms with E-state index in [2.05, 4.69) is 0 Å². The van der Waals surface area contributed by atoms with Gasteiger partial charge in [-0.1, -0.05) is 0 Å². The van der Waals surface area contributed by atoms with Crippen LogP contribution in [-0.4, -0.2) is 6.16 Å². The van der Waals surface area contributed by atoms with E-state index in [1.54, 1.807) is 0 Å². The Morgan fingerprint density at radius 2 is 0.714 bits per heavy atom. The van der Waals surface area contributed by atoms with Gasteiger partial charge in [0.15, 0.2) is 0 Å². The Kier molecular flexibility index (Phi) is 11.7. The van der Waals surface area contributed by atoms with Crippen molar-refractivity contribution in [3.05, 3.63) is 0 Å². The van der Waals surface area contributed by atoms with Gasteiger partial charge in [0, 0.05) is 0 Å². The second-order valence-electron chi connectivity index (χ2n) is 0.500. The minimum atomic E-state index is -4.50. The van der Waals surface area contributed by atoms with Crippen LogP contribution in [0.1, 0.15) is 0 Å². The van der Waals surface area contributed by atoms with Crippen molar-refractivity contribution in [3.8, 4) is 0 Å². The van der Waals surface area contributed by atoms with E-state index in [0.717, 1.165) is 0 Å². The molecule has 0 atom stereocenters. The van der Waals surface area contributed by atoms with Crippen molar-refractivity contribution < 1.29 is 59.4 Å². The summed E-state index contributed by atoms with van der Waals surface area (Å²) in [5.41, 5.74) is 0. The van der Waals surface area contributed by atoms with Gasteiger partial charge in [-0.05, 0) is 0 Å². The van der Waals surface area contributed by atoms with Gasteiger partial charge in [-0.2, -0.15) is 0 Å². The maximum absolute atomic E-state index is 8.44. The van der Waals surface area contributed by atoms with Crippen molar-refractivity contribution >= 4 is 0 Å². The van der Waals surface area contributed by atoms with E-state index in [1.807, 2.05) is 0 Å². The van der Waals surface area contributed by atoms with E-state index in [0.29, 0.717) is 0 Å². The largest absolute Gasteiger partial charge is 2.00 e. The molecule has 6 heteroatoms. The average molecular weight is 207 g/mol. The third-order valence-electron chi connectivity index (χ3n) is 0. The van der Waals surface area contributed by atoms with Gasteiger partial charge in [0.25, 0.3) is 0 Å². The zero-order chi connectivity index (χ0) is 4.50. The molecule has 0 rings (SSSR count). The van der Waals surface area contributed by atoms with Crippen molar-refractivity contribution in [1.29, 1.82) is 0 Å². The van der Waals surface area contributed by atoms with Crippen LogP contribution in [0.5, 0.6) is 0 Å². The van der Waals surface area contributed by atoms with E-state index >= 15 is 0 Å². The molecule has 0 amide bonds. The fraction of sp³-hybridized carbons (Fsp3) is 1.00. The maximum atomic E-state index is 8.44. The predicted molar refractivity (Wildman–Crippen MR) is 2.73 cm³/mol. The second-order valence-corrected chi connectivity index (χ2v) is 0.500. The van der Waals surface area contributed by atoms with Crippen LogP contribution in [-0.2, 0) is 39.0 Å². The molecule has 0 unspecified atom stereocenters. The Labute approximate surface area is 65.7 Å². The minimum absolute atomic E-state index is 0. The first-order valence-electron chi connectivity index (χ1n) is 0.816. The Bertz CT molecular complexity index is 25.2. The fourth-order valence-electron chi connectivity index (χ4n) is 0. The molecule has 0 N–H and O–H groups in total. The van der Waals surface area contributed by atoms with Gasteiger partial charge < -0.3 is 26.6 Å². The molecule has 0 fully saturated rings. The molecule has 0 saturated heterocycles. The molecule has 0 aromatic rings. The zero-order valence-electron chi connectivity index (χ0n) is 3.55. The Balaban J connectivity index is -0.0000000800. The maximum Gasteiger partial charge on any atom is 2.00 e. The van der Waals surface area contributed by atoms with Gasteiger partial charge in [-0.25, -0.2) is 0 Å². The van der Waals surface area contributed by atoms with E-state index in [9.17, 15) is 0 Å². The Hall–Kier alpha value is 1.09. The molecule has 0 aromatic heterocycles. The minimum Gasteiger partial charge on any atom is -0.890 e. The van der Waals surface area contributed by atoms with Crippen molar-refractivity contribution in [2.45, 2.75) is 6.16 Å². The van der Waals surface area contributed by atoms with Gasteiger partial charge in [-0.3, -0.25) is 0 Å². The molecule has 0 radical (unpaired) electrons. The smallest absolute Gasteiger partial charge is 0.890 e. The Morgan fingerprint density at radius 3 is 0.714 bits per heavy atom. The fourth-order valence-corrected chi connectivity index (χ4v) is 0. The van der Waals surface area contributed by atoms with Gasteiger partial charge in [0.05, 0.1) is 0 Å². The molecule has 0 aliphatic rings. The summed E-state index contributed by atoms with van der Waals surface area (Å²) in [5, 5.41) is 33.8. The van der Waals surface area contributed by atoms with E-state index in [1.165, 1.54) is 0 Å². The molecule has 0 aliphatic heterocycles. The second kappa shape index (κ2) is 5.23. The summed E-state index contributed by atoms with van der Waals surface area (Å²) in [4.78, 5) is 0. The molecule has 0 bridgehead atoms. The van der Waals surface area contributed by atoms with Crippen LogP contribution >= 0.6 is 0 Å². The van der Waals surface area contributed by atoms with Gasteiger partial charge >= 0.3 is 39.0 Å². The van der Waals surface area contributed by atoms with Crippen LogP contribution in [0.3, 0.4) is 0 Å². The predicted octanol–water partition coefficient (Wildman–Crippen LogP) is -4.97. The van der Waals surface area contributed by atoms with Crippen molar-refractivity contribution in [1.82, 2.24) is 0 Å². The summed E-state index contributed by atoms with van der Waals surface area (Å²) in [6, 6.07) is 0. The van der Waals surface area contributed by atoms with Crippen LogP contribution in [0, 0.1) is 0 Å². The molecule has 32 valence electrons. The zero-order valence-corrected chi connectivity index (χ0v) is 9.48. The van der Waals surface area contributed by atoms with E-state index < -0.39 is 6.16 Å². The van der Waals surface area contributed by atoms with Crippen LogP contribution in [0.25, 0.3) is 0 Å². The summed E-state index contributed by atoms with van der Waals surface area (Å²) >= 11 is 0. The molecule has 0 heterocycles. The molecule has 0 saturated carbocycles. The molecule has 0 spiro atoms. The van der Waals surface area contributed by atoms with Crippen LogP contribution < -0.4 is 20.4 Å². The summed E-state index contributed by atoms with van der Waals surface area (Å²) in [7, 11) is 0. The third-order valence-corrected chi connectivity index (χ3v) is 0. The van der Waals surface area contributed by atoms with Crippen molar-refractivity contribution in [2.75, 3.05) is 0 Å². The van der Waals surface area contributed by atoms with Crippen LogP contribution in [0.4, 0.5) is 0 Å². The topological polar surface area (TPSA) is 92.2 Å². The molecular formula is CO4Zn2. The summed E-state index contributed by atoms with van der Waals surface area (Å²) < 4.78 is 0. The SMILES string of the molecule is [O-]C([O-])([O-])[O-].[Zn+2].[Zn+2]. The first-order valence-corrected chi connectivity index (χ1v) is 0.816. The standard InChI is InChI=1S/CO4.2Zn/c2-1(3,4)5;;/q-4;2*+2. The number of rotatable bonds is 0. The third kappa shape index (κ3) is 155. The normalized spacial score (nSPS) is 8.57. The van der Waals surface area contributed by atoms with E-state index in [-0.39, 0.29) is 39.0 Å². The first-order chi connectivity index (χ1) is 2.00. The summed E-state index contributed by atoms with van der Waals surface area (Å²) in [6.45, 7) is 0. The summed E-state index contributed by atoms with van der Waals surface area (Å²) in [5.74, 6) is 0. The molecule has 7 heavy (non-hydrogen) atoms. The van der Waals surface area contributed by atoms with Crippen molar-refractivity contribution in [3.63, 3.8) is 0 Å². The molecule has 0 aromatic carbocycles. The average Bonchev–Trinajstić information content (AvgIpc) is 0.722. The van der Waals surface area contributed by atoms with Gasteiger partial charge in [0.2, 0.25) is 0 Å². The summed E-state index contributed by atoms with van der Waals surface area (Å²) in [6.07, 6.45) is -4.50. The molecule has 0 aliphatic carbocycles. The van der Waals surface area contributed by atoms with E-state index in [4.69, 9.17) is 20.4 Å². The Morgan fingerprint density at radius 1 is 0.714 bits per heavy atom. The number of hydrogen-bond acceptors (Lipinski definition) is 4. The number of hydrogen-bond donors (Lipinski definition) is 0. The first kappa shape index (κ1) is 15.7. The van der Waals surface area contributed by atoms with Crippen LogP contribution in [0.2, 0.25) is 0 Å². The molecule has 4 nitrogen and oxygen atoms in total. The van der Waals surface area contributed by atoms with Gasteiger partial charge in [0.1, 0.15) is 0 Å².